The summed E-state index contributed by atoms with van der Waals surface area (Å²) in [4.78, 5) is 18.0. The van der Waals surface area contributed by atoms with E-state index in [4.69, 9.17) is 4.74 Å². The maximum Gasteiger partial charge on any atom is 0.224 e. The Bertz CT molecular complexity index is 953. The molecule has 2 aromatic rings. The molecule has 3 aliphatic rings. The van der Waals surface area contributed by atoms with Crippen molar-refractivity contribution in [1.29, 1.82) is 0 Å². The van der Waals surface area contributed by atoms with Crippen molar-refractivity contribution < 1.29 is 9.53 Å². The summed E-state index contributed by atoms with van der Waals surface area (Å²) in [6.45, 7) is 7.69. The van der Waals surface area contributed by atoms with E-state index < -0.39 is 0 Å². The highest BCUT2D eigenvalue weighted by Crippen LogP contribution is 2.44. The predicted octanol–water partition coefficient (Wildman–Crippen LogP) is 3.97. The van der Waals surface area contributed by atoms with Gasteiger partial charge in [-0.15, -0.1) is 0 Å². The van der Waals surface area contributed by atoms with Gasteiger partial charge in [0.2, 0.25) is 5.91 Å². The Morgan fingerprint density at radius 2 is 1.94 bits per heavy atom. The first-order chi connectivity index (χ1) is 15.5. The zero-order valence-electron chi connectivity index (χ0n) is 19.7. The number of fused-ring (bicyclic) bond motifs is 4. The number of amides is 1. The van der Waals surface area contributed by atoms with Gasteiger partial charge in [0.25, 0.3) is 0 Å². The summed E-state index contributed by atoms with van der Waals surface area (Å²) in [7, 11) is 1.72. The largest absolute Gasteiger partial charge is 0.497 e. The number of piperidine rings is 3. The number of likely N-dealkylation sites (tertiary alicyclic amines) is 1. The van der Waals surface area contributed by atoms with Gasteiger partial charge >= 0.3 is 0 Å². The third kappa shape index (κ3) is 4.17. The van der Waals surface area contributed by atoms with E-state index in [9.17, 15) is 4.79 Å². The molecule has 1 amide bonds. The first-order valence-corrected chi connectivity index (χ1v) is 12.2. The van der Waals surface area contributed by atoms with Crippen LogP contribution in [0.3, 0.4) is 0 Å². The molecule has 0 saturated carbocycles. The molecule has 3 aliphatic heterocycles. The molecule has 4 heterocycles. The van der Waals surface area contributed by atoms with Crippen molar-refractivity contribution in [1.82, 2.24) is 19.6 Å². The fourth-order valence-electron chi connectivity index (χ4n) is 6.46. The van der Waals surface area contributed by atoms with Crippen molar-refractivity contribution in [2.75, 3.05) is 26.7 Å². The lowest BCUT2D eigenvalue weighted by atomic mass is 9.74. The van der Waals surface area contributed by atoms with Gasteiger partial charge in [-0.25, -0.2) is 0 Å². The van der Waals surface area contributed by atoms with E-state index in [-0.39, 0.29) is 0 Å². The minimum atomic E-state index is 0.295. The summed E-state index contributed by atoms with van der Waals surface area (Å²) in [5, 5.41) is 4.52. The van der Waals surface area contributed by atoms with Crippen LogP contribution in [0.25, 0.3) is 0 Å². The molecular formula is C26H36N4O2. The fourth-order valence-corrected chi connectivity index (χ4v) is 6.46. The Hall–Kier alpha value is -2.34. The van der Waals surface area contributed by atoms with Crippen LogP contribution in [0.15, 0.2) is 30.3 Å². The first kappa shape index (κ1) is 21.5. The molecule has 5 rings (SSSR count). The van der Waals surface area contributed by atoms with Gasteiger partial charge < -0.3 is 9.64 Å². The van der Waals surface area contributed by atoms with E-state index in [2.05, 4.69) is 52.2 Å². The highest BCUT2D eigenvalue weighted by Gasteiger charge is 2.45. The lowest BCUT2D eigenvalue weighted by Crippen LogP contribution is -2.60. The van der Waals surface area contributed by atoms with E-state index >= 15 is 0 Å². The van der Waals surface area contributed by atoms with Crippen LogP contribution in [0, 0.1) is 25.7 Å². The molecule has 0 radical (unpaired) electrons. The summed E-state index contributed by atoms with van der Waals surface area (Å²) >= 11 is 0. The number of ether oxygens (including phenoxy) is 1. The number of methoxy groups -OCH3 is 1. The predicted molar refractivity (Wildman–Crippen MR) is 125 cm³/mol. The molecule has 3 saturated heterocycles. The molecule has 0 spiro atoms. The molecule has 32 heavy (non-hydrogen) atoms. The number of benzene rings is 1. The van der Waals surface area contributed by atoms with E-state index in [1.807, 2.05) is 11.6 Å². The van der Waals surface area contributed by atoms with Gasteiger partial charge in [0.1, 0.15) is 5.75 Å². The normalized spacial score (nSPS) is 27.8. The van der Waals surface area contributed by atoms with Crippen molar-refractivity contribution in [2.24, 2.45) is 11.8 Å². The van der Waals surface area contributed by atoms with Crippen LogP contribution in [-0.4, -0.2) is 58.3 Å². The Balaban J connectivity index is 1.25. The lowest BCUT2D eigenvalue weighted by Gasteiger charge is -2.55. The summed E-state index contributed by atoms with van der Waals surface area (Å²) in [6, 6.07) is 11.8. The number of hydrogen-bond acceptors (Lipinski definition) is 4. The minimum Gasteiger partial charge on any atom is -0.497 e. The Morgan fingerprint density at radius 1 is 1.12 bits per heavy atom. The topological polar surface area (TPSA) is 50.6 Å². The van der Waals surface area contributed by atoms with Crippen LogP contribution in [0.1, 0.15) is 55.1 Å². The fraction of sp³-hybridized carbons (Fsp3) is 0.615. The van der Waals surface area contributed by atoms with Crippen LogP contribution in [0.4, 0.5) is 0 Å². The molecular weight excluding hydrogens is 400 g/mol. The van der Waals surface area contributed by atoms with Crippen molar-refractivity contribution in [2.45, 2.75) is 64.6 Å². The number of aryl methyl sites for hydroxylation is 3. The zero-order chi connectivity index (χ0) is 22.2. The maximum atomic E-state index is 13.1. The van der Waals surface area contributed by atoms with Crippen LogP contribution in [0.2, 0.25) is 0 Å². The van der Waals surface area contributed by atoms with E-state index in [0.29, 0.717) is 42.8 Å². The monoisotopic (exact) mass is 436 g/mol. The van der Waals surface area contributed by atoms with Gasteiger partial charge in [0.05, 0.1) is 12.8 Å². The Morgan fingerprint density at radius 3 is 2.66 bits per heavy atom. The van der Waals surface area contributed by atoms with Gasteiger partial charge in [-0.3, -0.25) is 14.4 Å². The number of carbonyl (C=O) groups excluding carboxylic acids is 1. The van der Waals surface area contributed by atoms with Crippen LogP contribution < -0.4 is 4.74 Å². The molecule has 1 aromatic heterocycles. The third-order valence-electron chi connectivity index (χ3n) is 7.88. The second kappa shape index (κ2) is 8.89. The van der Waals surface area contributed by atoms with E-state index in [1.165, 1.54) is 31.2 Å². The molecule has 0 aliphatic carbocycles. The molecule has 3 fully saturated rings. The highest BCUT2D eigenvalue weighted by molar-refractivity contribution is 5.76. The quantitative estimate of drug-likeness (QED) is 0.712. The van der Waals surface area contributed by atoms with Gasteiger partial charge in [0, 0.05) is 50.4 Å². The van der Waals surface area contributed by atoms with Gasteiger partial charge in [-0.1, -0.05) is 12.1 Å². The summed E-state index contributed by atoms with van der Waals surface area (Å²) < 4.78 is 7.33. The second-order valence-electron chi connectivity index (χ2n) is 10.0. The maximum absolute atomic E-state index is 13.1. The van der Waals surface area contributed by atoms with Crippen molar-refractivity contribution >= 4 is 5.91 Å². The van der Waals surface area contributed by atoms with Crippen LogP contribution >= 0.6 is 0 Å². The molecule has 1 aromatic carbocycles. The van der Waals surface area contributed by atoms with Crippen LogP contribution in [-0.2, 0) is 11.3 Å². The summed E-state index contributed by atoms with van der Waals surface area (Å²) in [5.41, 5.74) is 3.56. The van der Waals surface area contributed by atoms with E-state index in [1.54, 1.807) is 7.11 Å². The van der Waals surface area contributed by atoms with Gasteiger partial charge in [-0.05, 0) is 75.1 Å². The standard InChI is InChI=1S/C26H36N4O2/c1-18-13-19(2)30(27-18)12-11-26(31)28-15-20-14-22(17-28)25-6-4-5-24(29(25)16-20)21-7-9-23(32-3)10-8-21/h7-10,13,20,22,24-25H,4-6,11-12,14-17H2,1-3H3/t20-,22+,24+,25-/m0/s1. The SMILES string of the molecule is COc1ccc([C@H]2CCC[C@H]3[C@@H]4C[C@@H](CN(C(=O)CCn5nc(C)cc5C)C4)CN23)cc1. The van der Waals surface area contributed by atoms with E-state index in [0.717, 1.165) is 36.8 Å². The van der Waals surface area contributed by atoms with Gasteiger partial charge in [-0.2, -0.15) is 5.10 Å². The minimum absolute atomic E-state index is 0.295. The molecule has 0 unspecified atom stereocenters. The number of hydrogen-bond donors (Lipinski definition) is 0. The number of nitrogens with zero attached hydrogens (tertiary/aromatic N) is 4. The Labute approximate surface area is 191 Å². The van der Waals surface area contributed by atoms with Gasteiger partial charge in [0.15, 0.2) is 0 Å². The number of aromatic nitrogens is 2. The lowest BCUT2D eigenvalue weighted by molar-refractivity contribution is -0.139. The summed E-state index contributed by atoms with van der Waals surface area (Å²) in [5.74, 6) is 2.40. The molecule has 6 heteroatoms. The average Bonchev–Trinajstić information content (AvgIpc) is 3.13. The molecule has 6 nitrogen and oxygen atoms in total. The molecule has 0 N–H and O–H groups in total. The second-order valence-corrected chi connectivity index (χ2v) is 10.0. The molecule has 2 bridgehead atoms. The first-order valence-electron chi connectivity index (χ1n) is 12.2. The highest BCUT2D eigenvalue weighted by atomic mass is 16.5. The Kier molecular flexibility index (Phi) is 5.97. The molecule has 4 atom stereocenters. The number of rotatable bonds is 5. The van der Waals surface area contributed by atoms with Crippen LogP contribution in [0.5, 0.6) is 5.75 Å². The summed E-state index contributed by atoms with van der Waals surface area (Å²) in [6.07, 6.45) is 5.58. The average molecular weight is 437 g/mol. The molecule has 172 valence electrons. The smallest absolute Gasteiger partial charge is 0.224 e. The third-order valence-corrected chi connectivity index (χ3v) is 7.88. The van der Waals surface area contributed by atoms with Crippen molar-refractivity contribution in [3.05, 3.63) is 47.3 Å². The zero-order valence-corrected chi connectivity index (χ0v) is 19.7. The van der Waals surface area contributed by atoms with Crippen molar-refractivity contribution in [3.63, 3.8) is 0 Å². The van der Waals surface area contributed by atoms with Crippen molar-refractivity contribution in [3.8, 4) is 5.75 Å². The number of carbonyl (C=O) groups is 1.